The minimum Gasteiger partial charge on any atom is -0.491 e. The Bertz CT molecular complexity index is 1440. The molecule has 1 heterocycles. The summed E-state index contributed by atoms with van der Waals surface area (Å²) >= 11 is 0. The van der Waals surface area contributed by atoms with Crippen molar-refractivity contribution < 1.29 is 22.7 Å². The summed E-state index contributed by atoms with van der Waals surface area (Å²) in [5, 5.41) is 3.70. The van der Waals surface area contributed by atoms with Crippen molar-refractivity contribution in [3.05, 3.63) is 90.6 Å². The summed E-state index contributed by atoms with van der Waals surface area (Å²) in [7, 11) is -0.800. The van der Waals surface area contributed by atoms with Gasteiger partial charge >= 0.3 is 0 Å². The number of fused-ring (bicyclic) bond motifs is 1. The number of pyridine rings is 1. The van der Waals surface area contributed by atoms with E-state index < -0.39 is 10.0 Å². The van der Waals surface area contributed by atoms with Crippen molar-refractivity contribution in [3.8, 4) is 5.75 Å². The van der Waals surface area contributed by atoms with Gasteiger partial charge in [0.1, 0.15) is 12.4 Å². The Hall–Kier alpha value is -3.95. The molecule has 0 fully saturated rings. The van der Waals surface area contributed by atoms with Crippen LogP contribution in [0.5, 0.6) is 5.75 Å². The summed E-state index contributed by atoms with van der Waals surface area (Å²) in [4.78, 5) is 17.1. The van der Waals surface area contributed by atoms with E-state index in [0.29, 0.717) is 41.4 Å². The summed E-state index contributed by atoms with van der Waals surface area (Å²) in [6.07, 6.45) is 1.66. The fourth-order valence-corrected chi connectivity index (χ4v) is 4.68. The maximum Gasteiger partial charge on any atom is 0.264 e. The lowest BCUT2D eigenvalue weighted by molar-refractivity contribution is 0.102. The van der Waals surface area contributed by atoms with Gasteiger partial charge in [-0.25, -0.2) is 8.42 Å². The molecule has 0 aliphatic carbocycles. The highest BCUT2D eigenvalue weighted by atomic mass is 32.2. The van der Waals surface area contributed by atoms with Crippen LogP contribution in [0.1, 0.15) is 10.4 Å². The molecule has 0 aliphatic rings. The highest BCUT2D eigenvalue weighted by Crippen LogP contribution is 2.26. The van der Waals surface area contributed by atoms with Gasteiger partial charge in [0.25, 0.3) is 15.9 Å². The second kappa shape index (κ2) is 10.5. The van der Waals surface area contributed by atoms with Crippen molar-refractivity contribution in [2.75, 3.05) is 37.0 Å². The smallest absolute Gasteiger partial charge is 0.264 e. The quantitative estimate of drug-likeness (QED) is 0.350. The van der Waals surface area contributed by atoms with Crippen LogP contribution in [0.15, 0.2) is 90.0 Å². The lowest BCUT2D eigenvalue weighted by Crippen LogP contribution is -2.26. The molecule has 1 amide bonds. The Morgan fingerprint density at radius 3 is 2.54 bits per heavy atom. The summed E-state index contributed by atoms with van der Waals surface area (Å²) in [5.74, 6) is 0.259. The molecule has 0 atom stereocenters. The van der Waals surface area contributed by atoms with E-state index in [1.54, 1.807) is 61.8 Å². The number of aromatic nitrogens is 1. The Morgan fingerprint density at radius 2 is 1.77 bits per heavy atom. The van der Waals surface area contributed by atoms with Crippen LogP contribution in [0.4, 0.5) is 11.4 Å². The summed E-state index contributed by atoms with van der Waals surface area (Å²) in [6.45, 7) is 0.860. The Balaban J connectivity index is 1.50. The average Bonchev–Trinajstić information content (AvgIpc) is 2.88. The maximum absolute atomic E-state index is 13.2. The van der Waals surface area contributed by atoms with Gasteiger partial charge in [0, 0.05) is 37.0 Å². The van der Waals surface area contributed by atoms with Crippen LogP contribution >= 0.6 is 0 Å². The number of methoxy groups -OCH3 is 1. The maximum atomic E-state index is 13.2. The third-order valence-corrected chi connectivity index (χ3v) is 7.16. The molecule has 0 saturated carbocycles. The molecule has 1 aromatic heterocycles. The second-order valence-electron chi connectivity index (χ2n) is 7.70. The number of rotatable bonds is 9. The normalized spacial score (nSPS) is 11.3. The third kappa shape index (κ3) is 5.59. The fourth-order valence-electron chi connectivity index (χ4n) is 3.44. The zero-order valence-corrected chi connectivity index (χ0v) is 20.2. The van der Waals surface area contributed by atoms with E-state index in [0.717, 1.165) is 5.39 Å². The van der Waals surface area contributed by atoms with E-state index in [4.69, 9.17) is 9.47 Å². The van der Waals surface area contributed by atoms with Gasteiger partial charge in [-0.2, -0.15) is 0 Å². The van der Waals surface area contributed by atoms with Gasteiger partial charge in [-0.3, -0.25) is 14.1 Å². The van der Waals surface area contributed by atoms with Gasteiger partial charge < -0.3 is 14.8 Å². The van der Waals surface area contributed by atoms with Gasteiger partial charge in [-0.1, -0.05) is 18.2 Å². The van der Waals surface area contributed by atoms with Crippen molar-refractivity contribution in [1.82, 2.24) is 4.98 Å². The average molecular weight is 492 g/mol. The van der Waals surface area contributed by atoms with E-state index >= 15 is 0 Å². The number of nitrogens with zero attached hydrogens (tertiary/aromatic N) is 2. The molecule has 3 aromatic carbocycles. The Morgan fingerprint density at radius 1 is 0.971 bits per heavy atom. The fraction of sp³-hybridized carbons (Fsp3) is 0.154. The van der Waals surface area contributed by atoms with Crippen LogP contribution in [-0.4, -0.2) is 46.7 Å². The SMILES string of the molecule is COCCOc1ccc(N(C)S(=O)(=O)c2cccc(NC(=O)c3ccc4cccnc4c3)c2)cc1. The molecular formula is C26H25N3O5S. The van der Waals surface area contributed by atoms with E-state index in [9.17, 15) is 13.2 Å². The number of ether oxygens (including phenoxy) is 2. The first-order valence-corrected chi connectivity index (χ1v) is 12.3. The summed E-state index contributed by atoms with van der Waals surface area (Å²) < 4.78 is 38.1. The number of sulfonamides is 1. The van der Waals surface area contributed by atoms with E-state index in [1.807, 2.05) is 18.2 Å². The Labute approximate surface area is 204 Å². The summed E-state index contributed by atoms with van der Waals surface area (Å²) in [5.41, 5.74) is 1.97. The van der Waals surface area contributed by atoms with Gasteiger partial charge in [0.05, 0.1) is 22.7 Å². The standard InChI is InChI=1S/C26H25N3O5S/c1-29(22-10-12-23(13-11-22)34-16-15-33-2)35(31,32)24-7-3-6-21(18-24)28-26(30)20-9-8-19-5-4-14-27-25(19)17-20/h3-14,17-18H,15-16H2,1-2H3,(H,28,30). The van der Waals surface area contributed by atoms with E-state index in [1.165, 1.54) is 23.5 Å². The monoisotopic (exact) mass is 491 g/mol. The molecule has 9 heteroatoms. The number of benzene rings is 3. The molecule has 0 spiro atoms. The molecule has 0 aliphatic heterocycles. The lowest BCUT2D eigenvalue weighted by atomic mass is 10.1. The molecule has 4 aromatic rings. The highest BCUT2D eigenvalue weighted by Gasteiger charge is 2.22. The van der Waals surface area contributed by atoms with Crippen LogP contribution in [0.25, 0.3) is 10.9 Å². The third-order valence-electron chi connectivity index (χ3n) is 5.37. The first-order valence-electron chi connectivity index (χ1n) is 10.9. The molecule has 4 rings (SSSR count). The molecule has 180 valence electrons. The van der Waals surface area contributed by atoms with Crippen molar-refractivity contribution in [2.24, 2.45) is 0 Å². The number of carbonyl (C=O) groups excluding carboxylic acids is 1. The molecular weight excluding hydrogens is 466 g/mol. The number of anilines is 2. The zero-order chi connectivity index (χ0) is 24.8. The predicted molar refractivity (Wildman–Crippen MR) is 136 cm³/mol. The molecule has 0 radical (unpaired) electrons. The largest absolute Gasteiger partial charge is 0.491 e. The van der Waals surface area contributed by atoms with Gasteiger partial charge in [0.15, 0.2) is 0 Å². The van der Waals surface area contributed by atoms with Crippen molar-refractivity contribution >= 4 is 38.2 Å². The van der Waals surface area contributed by atoms with Crippen LogP contribution in [-0.2, 0) is 14.8 Å². The van der Waals surface area contributed by atoms with Crippen LogP contribution in [0.2, 0.25) is 0 Å². The lowest BCUT2D eigenvalue weighted by Gasteiger charge is -2.20. The zero-order valence-electron chi connectivity index (χ0n) is 19.3. The molecule has 8 nitrogen and oxygen atoms in total. The summed E-state index contributed by atoms with van der Waals surface area (Å²) in [6, 6.07) is 21.9. The van der Waals surface area contributed by atoms with Crippen molar-refractivity contribution in [2.45, 2.75) is 4.90 Å². The first-order chi connectivity index (χ1) is 16.9. The van der Waals surface area contributed by atoms with E-state index in [-0.39, 0.29) is 10.8 Å². The number of hydrogen-bond acceptors (Lipinski definition) is 6. The van der Waals surface area contributed by atoms with Gasteiger partial charge in [-0.05, 0) is 60.7 Å². The van der Waals surface area contributed by atoms with Gasteiger partial charge in [0.2, 0.25) is 0 Å². The topological polar surface area (TPSA) is 97.8 Å². The second-order valence-corrected chi connectivity index (χ2v) is 9.67. The highest BCUT2D eigenvalue weighted by molar-refractivity contribution is 7.92. The minimum atomic E-state index is -3.87. The predicted octanol–water partition coefficient (Wildman–Crippen LogP) is 4.34. The van der Waals surface area contributed by atoms with Crippen LogP contribution in [0.3, 0.4) is 0 Å². The molecule has 0 saturated heterocycles. The molecule has 35 heavy (non-hydrogen) atoms. The number of hydrogen-bond donors (Lipinski definition) is 1. The molecule has 1 N–H and O–H groups in total. The Kier molecular flexibility index (Phi) is 7.28. The van der Waals surface area contributed by atoms with Crippen LogP contribution in [0, 0.1) is 0 Å². The number of nitrogens with one attached hydrogen (secondary N) is 1. The van der Waals surface area contributed by atoms with E-state index in [2.05, 4.69) is 10.3 Å². The first kappa shape index (κ1) is 24.2. The van der Waals surface area contributed by atoms with Crippen molar-refractivity contribution in [1.29, 1.82) is 0 Å². The van der Waals surface area contributed by atoms with Crippen LogP contribution < -0.4 is 14.4 Å². The van der Waals surface area contributed by atoms with Gasteiger partial charge in [-0.15, -0.1) is 0 Å². The number of carbonyl (C=O) groups is 1. The minimum absolute atomic E-state index is 0.0541. The molecule has 0 bridgehead atoms. The van der Waals surface area contributed by atoms with Crippen molar-refractivity contribution in [3.63, 3.8) is 0 Å². The molecule has 0 unspecified atom stereocenters. The number of amides is 1.